The normalized spacial score (nSPS) is 11.6. The summed E-state index contributed by atoms with van der Waals surface area (Å²) in [6.07, 6.45) is 1.59. The van der Waals surface area contributed by atoms with Crippen LogP contribution >= 0.6 is 0 Å². The van der Waals surface area contributed by atoms with Gasteiger partial charge in [0.1, 0.15) is 16.5 Å². The van der Waals surface area contributed by atoms with Crippen molar-refractivity contribution in [3.05, 3.63) is 53.5 Å². The standard InChI is InChI=1S/C17H20FN3O3S/c1-4-21(5-2)25(23,24)15-10-13(7-8-14(15)18)17(22)20-16-9-6-12(3)11-19-16/h6-11H,4-5H2,1-3H3,(H,19,20,22). The second-order valence-electron chi connectivity index (χ2n) is 5.41. The molecule has 0 aliphatic rings. The molecule has 0 aliphatic heterocycles. The minimum absolute atomic E-state index is 0.0366. The van der Waals surface area contributed by atoms with Gasteiger partial charge in [0.2, 0.25) is 10.0 Å². The first-order valence-corrected chi connectivity index (χ1v) is 9.27. The average molecular weight is 365 g/mol. The average Bonchev–Trinajstić information content (AvgIpc) is 2.58. The molecule has 2 rings (SSSR count). The Morgan fingerprint density at radius 1 is 1.20 bits per heavy atom. The fourth-order valence-electron chi connectivity index (χ4n) is 2.28. The van der Waals surface area contributed by atoms with E-state index in [4.69, 9.17) is 0 Å². The van der Waals surface area contributed by atoms with Crippen molar-refractivity contribution in [1.82, 2.24) is 9.29 Å². The molecule has 134 valence electrons. The highest BCUT2D eigenvalue weighted by Gasteiger charge is 2.26. The molecule has 0 radical (unpaired) electrons. The maximum Gasteiger partial charge on any atom is 0.256 e. The van der Waals surface area contributed by atoms with Crippen molar-refractivity contribution in [2.75, 3.05) is 18.4 Å². The minimum atomic E-state index is -4.00. The van der Waals surface area contributed by atoms with Crippen LogP contribution in [0.25, 0.3) is 0 Å². The third kappa shape index (κ3) is 4.21. The Kier molecular flexibility index (Phi) is 5.86. The van der Waals surface area contributed by atoms with E-state index in [2.05, 4.69) is 10.3 Å². The molecule has 0 spiro atoms. The lowest BCUT2D eigenvalue weighted by atomic mass is 10.2. The van der Waals surface area contributed by atoms with Crippen molar-refractivity contribution >= 4 is 21.7 Å². The van der Waals surface area contributed by atoms with Crippen LogP contribution in [0.1, 0.15) is 29.8 Å². The minimum Gasteiger partial charge on any atom is -0.307 e. The first-order valence-electron chi connectivity index (χ1n) is 7.83. The van der Waals surface area contributed by atoms with Crippen LogP contribution in [-0.2, 0) is 10.0 Å². The highest BCUT2D eigenvalue weighted by atomic mass is 32.2. The van der Waals surface area contributed by atoms with Crippen LogP contribution < -0.4 is 5.32 Å². The van der Waals surface area contributed by atoms with Gasteiger partial charge in [0.15, 0.2) is 0 Å². The fourth-order valence-corrected chi connectivity index (χ4v) is 3.82. The lowest BCUT2D eigenvalue weighted by Gasteiger charge is -2.19. The summed E-state index contributed by atoms with van der Waals surface area (Å²) in [5.41, 5.74) is 0.974. The van der Waals surface area contributed by atoms with Crippen molar-refractivity contribution < 1.29 is 17.6 Å². The number of rotatable bonds is 6. The van der Waals surface area contributed by atoms with Gasteiger partial charge in [-0.05, 0) is 36.8 Å². The van der Waals surface area contributed by atoms with E-state index in [1.807, 2.05) is 6.92 Å². The third-order valence-corrected chi connectivity index (χ3v) is 5.73. The van der Waals surface area contributed by atoms with E-state index in [1.165, 1.54) is 6.07 Å². The van der Waals surface area contributed by atoms with Crippen LogP contribution in [0.5, 0.6) is 0 Å². The van der Waals surface area contributed by atoms with Crippen molar-refractivity contribution in [2.45, 2.75) is 25.7 Å². The van der Waals surface area contributed by atoms with Crippen LogP contribution in [0.2, 0.25) is 0 Å². The molecule has 0 bridgehead atoms. The number of sulfonamides is 1. The number of carbonyl (C=O) groups is 1. The predicted octanol–water partition coefficient (Wildman–Crippen LogP) is 2.81. The van der Waals surface area contributed by atoms with Crippen molar-refractivity contribution in [2.24, 2.45) is 0 Å². The quantitative estimate of drug-likeness (QED) is 0.854. The van der Waals surface area contributed by atoms with Gasteiger partial charge in [-0.3, -0.25) is 4.79 Å². The van der Waals surface area contributed by atoms with E-state index < -0.39 is 26.6 Å². The number of amides is 1. The number of carbonyl (C=O) groups excluding carboxylic acids is 1. The Morgan fingerprint density at radius 2 is 1.88 bits per heavy atom. The summed E-state index contributed by atoms with van der Waals surface area (Å²) in [5, 5.41) is 2.56. The number of aryl methyl sites for hydroxylation is 1. The second kappa shape index (κ2) is 7.71. The lowest BCUT2D eigenvalue weighted by Crippen LogP contribution is -2.31. The van der Waals surface area contributed by atoms with E-state index in [1.54, 1.807) is 32.2 Å². The molecule has 1 aromatic carbocycles. The molecule has 0 saturated carbocycles. The van der Waals surface area contributed by atoms with Gasteiger partial charge in [0.05, 0.1) is 0 Å². The molecule has 6 nitrogen and oxygen atoms in total. The molecular weight excluding hydrogens is 345 g/mol. The van der Waals surface area contributed by atoms with Gasteiger partial charge in [-0.2, -0.15) is 4.31 Å². The zero-order chi connectivity index (χ0) is 18.6. The number of hydrogen-bond acceptors (Lipinski definition) is 4. The maximum absolute atomic E-state index is 14.1. The van der Waals surface area contributed by atoms with Crippen molar-refractivity contribution in [1.29, 1.82) is 0 Å². The Hall–Kier alpha value is -2.32. The monoisotopic (exact) mass is 365 g/mol. The van der Waals surface area contributed by atoms with Crippen LogP contribution in [-0.4, -0.2) is 36.7 Å². The Balaban J connectivity index is 2.35. The molecule has 8 heteroatoms. The molecule has 0 fully saturated rings. The molecular formula is C17H20FN3O3S. The van der Waals surface area contributed by atoms with Gasteiger partial charge in [-0.25, -0.2) is 17.8 Å². The van der Waals surface area contributed by atoms with Gasteiger partial charge in [0, 0.05) is 24.8 Å². The molecule has 25 heavy (non-hydrogen) atoms. The highest BCUT2D eigenvalue weighted by molar-refractivity contribution is 7.89. The topological polar surface area (TPSA) is 79.4 Å². The molecule has 1 N–H and O–H groups in total. The smallest absolute Gasteiger partial charge is 0.256 e. The van der Waals surface area contributed by atoms with Crippen molar-refractivity contribution in [3.63, 3.8) is 0 Å². The molecule has 0 aliphatic carbocycles. The molecule has 1 aromatic heterocycles. The number of benzene rings is 1. The number of hydrogen-bond donors (Lipinski definition) is 1. The summed E-state index contributed by atoms with van der Waals surface area (Å²) >= 11 is 0. The Labute approximate surface area is 146 Å². The number of aromatic nitrogens is 1. The summed E-state index contributed by atoms with van der Waals surface area (Å²) in [4.78, 5) is 15.9. The highest BCUT2D eigenvalue weighted by Crippen LogP contribution is 2.21. The first-order chi connectivity index (χ1) is 11.8. The van der Waals surface area contributed by atoms with E-state index in [9.17, 15) is 17.6 Å². The Morgan fingerprint density at radius 3 is 2.44 bits per heavy atom. The zero-order valence-electron chi connectivity index (χ0n) is 14.3. The molecule has 0 atom stereocenters. The van der Waals surface area contributed by atoms with E-state index in [-0.39, 0.29) is 18.7 Å². The summed E-state index contributed by atoms with van der Waals surface area (Å²) in [5.74, 6) is -1.13. The number of pyridine rings is 1. The number of nitrogens with one attached hydrogen (secondary N) is 1. The summed E-state index contributed by atoms with van der Waals surface area (Å²) in [7, 11) is -4.00. The summed E-state index contributed by atoms with van der Waals surface area (Å²) < 4.78 is 40.3. The molecule has 2 aromatic rings. The number of anilines is 1. The second-order valence-corrected chi connectivity index (χ2v) is 7.32. The SMILES string of the molecule is CCN(CC)S(=O)(=O)c1cc(C(=O)Nc2ccc(C)cn2)ccc1F. The number of nitrogens with zero attached hydrogens (tertiary/aromatic N) is 2. The molecule has 1 amide bonds. The van der Waals surface area contributed by atoms with Crippen LogP contribution in [0, 0.1) is 12.7 Å². The van der Waals surface area contributed by atoms with Gasteiger partial charge in [0.25, 0.3) is 5.91 Å². The largest absolute Gasteiger partial charge is 0.307 e. The third-order valence-electron chi connectivity index (χ3n) is 3.67. The van der Waals surface area contributed by atoms with Gasteiger partial charge >= 0.3 is 0 Å². The van der Waals surface area contributed by atoms with Crippen LogP contribution in [0.15, 0.2) is 41.4 Å². The van der Waals surface area contributed by atoms with Gasteiger partial charge in [-0.15, -0.1) is 0 Å². The van der Waals surface area contributed by atoms with E-state index in [0.29, 0.717) is 5.82 Å². The lowest BCUT2D eigenvalue weighted by molar-refractivity contribution is 0.102. The summed E-state index contributed by atoms with van der Waals surface area (Å²) in [6, 6.07) is 6.67. The molecule has 0 unspecified atom stereocenters. The summed E-state index contributed by atoms with van der Waals surface area (Å²) in [6.45, 7) is 5.62. The van der Waals surface area contributed by atoms with Gasteiger partial charge in [-0.1, -0.05) is 19.9 Å². The van der Waals surface area contributed by atoms with E-state index in [0.717, 1.165) is 22.0 Å². The zero-order valence-corrected chi connectivity index (χ0v) is 15.1. The van der Waals surface area contributed by atoms with Crippen LogP contribution in [0.4, 0.5) is 10.2 Å². The fraction of sp³-hybridized carbons (Fsp3) is 0.294. The molecule has 0 saturated heterocycles. The van der Waals surface area contributed by atoms with Gasteiger partial charge < -0.3 is 5.32 Å². The van der Waals surface area contributed by atoms with E-state index >= 15 is 0 Å². The predicted molar refractivity (Wildman–Crippen MR) is 93.4 cm³/mol. The van der Waals surface area contributed by atoms with Crippen molar-refractivity contribution in [3.8, 4) is 0 Å². The first kappa shape index (κ1) is 19.0. The Bertz CT molecular complexity index is 863. The van der Waals surface area contributed by atoms with Crippen LogP contribution in [0.3, 0.4) is 0 Å². The number of halogens is 1. The molecule has 1 heterocycles. The maximum atomic E-state index is 14.1.